The Labute approximate surface area is 107 Å². The van der Waals surface area contributed by atoms with Crippen molar-refractivity contribution < 1.29 is 0 Å². The molecule has 0 bridgehead atoms. The number of allylic oxidation sites excluding steroid dienone is 1. The molecule has 0 radical (unpaired) electrons. The molecular weight excluding hydrogens is 216 g/mol. The second kappa shape index (κ2) is 3.62. The quantitative estimate of drug-likeness (QED) is 0.509. The van der Waals surface area contributed by atoms with Crippen molar-refractivity contribution >= 4 is 5.57 Å². The van der Waals surface area contributed by atoms with Crippen molar-refractivity contribution in [1.82, 2.24) is 0 Å². The van der Waals surface area contributed by atoms with Crippen molar-refractivity contribution in [1.29, 1.82) is 0 Å². The molecule has 0 saturated heterocycles. The van der Waals surface area contributed by atoms with Crippen LogP contribution in [0.4, 0.5) is 0 Å². The first-order valence-electron chi connectivity index (χ1n) is 6.33. The molecule has 0 unspecified atom stereocenters. The summed E-state index contributed by atoms with van der Waals surface area (Å²) in [5, 5.41) is 0. The van der Waals surface area contributed by atoms with Crippen LogP contribution in [0.2, 0.25) is 0 Å². The van der Waals surface area contributed by atoms with E-state index in [1.807, 2.05) is 0 Å². The Kier molecular flexibility index (Phi) is 1.96. The van der Waals surface area contributed by atoms with E-state index in [0.717, 1.165) is 12.8 Å². The zero-order valence-corrected chi connectivity index (χ0v) is 10.0. The van der Waals surface area contributed by atoms with Crippen molar-refractivity contribution in [2.45, 2.75) is 12.8 Å². The fourth-order valence-corrected chi connectivity index (χ4v) is 2.97. The summed E-state index contributed by atoms with van der Waals surface area (Å²) in [5.74, 6) is 6.47. The third-order valence-electron chi connectivity index (χ3n) is 3.74. The van der Waals surface area contributed by atoms with Crippen molar-refractivity contribution in [2.75, 3.05) is 0 Å². The first-order chi connectivity index (χ1) is 8.95. The largest absolute Gasteiger partial charge is 0.0988 e. The fourth-order valence-electron chi connectivity index (χ4n) is 2.97. The molecule has 0 atom stereocenters. The maximum absolute atomic E-state index is 3.25. The van der Waals surface area contributed by atoms with E-state index >= 15 is 0 Å². The zero-order valence-electron chi connectivity index (χ0n) is 10.0. The molecule has 18 heavy (non-hydrogen) atoms. The summed E-state index contributed by atoms with van der Waals surface area (Å²) in [6, 6.07) is 15.3. The van der Waals surface area contributed by atoms with Crippen LogP contribution in [-0.2, 0) is 6.42 Å². The molecule has 0 heteroatoms. The summed E-state index contributed by atoms with van der Waals surface area (Å²) in [7, 11) is 0. The molecule has 0 saturated carbocycles. The van der Waals surface area contributed by atoms with Gasteiger partial charge >= 0.3 is 0 Å². The number of fused-ring (bicyclic) bond motifs is 3. The first-order valence-corrected chi connectivity index (χ1v) is 6.33. The van der Waals surface area contributed by atoms with Gasteiger partial charge in [0.2, 0.25) is 0 Å². The van der Waals surface area contributed by atoms with Gasteiger partial charge in [-0.15, -0.1) is 0 Å². The number of hydrogen-bond donors (Lipinski definition) is 0. The number of hydrogen-bond acceptors (Lipinski definition) is 0. The van der Waals surface area contributed by atoms with E-state index < -0.39 is 0 Å². The fraction of sp³-hybridized carbons (Fsp3) is 0.111. The SMILES string of the molecule is C1#CCc2cccc3c2/C(=C\C1)c1ccccc1-3. The smallest absolute Gasteiger partial charge is 0.0346 e. The Morgan fingerprint density at radius 2 is 1.61 bits per heavy atom. The summed E-state index contributed by atoms with van der Waals surface area (Å²) >= 11 is 0. The van der Waals surface area contributed by atoms with E-state index in [9.17, 15) is 0 Å². The number of rotatable bonds is 0. The maximum atomic E-state index is 3.25. The van der Waals surface area contributed by atoms with Gasteiger partial charge in [-0.05, 0) is 33.4 Å². The summed E-state index contributed by atoms with van der Waals surface area (Å²) in [4.78, 5) is 0. The molecule has 0 N–H and O–H groups in total. The molecule has 0 amide bonds. The highest BCUT2D eigenvalue weighted by molar-refractivity contribution is 6.02. The highest BCUT2D eigenvalue weighted by Gasteiger charge is 2.24. The average molecular weight is 228 g/mol. The van der Waals surface area contributed by atoms with Crippen LogP contribution in [0.3, 0.4) is 0 Å². The van der Waals surface area contributed by atoms with Gasteiger partial charge in [-0.2, -0.15) is 0 Å². The lowest BCUT2D eigenvalue weighted by Crippen LogP contribution is -1.93. The van der Waals surface area contributed by atoms with Crippen LogP contribution in [0.5, 0.6) is 0 Å². The molecule has 2 aliphatic carbocycles. The van der Waals surface area contributed by atoms with Crippen molar-refractivity contribution in [3.8, 4) is 23.0 Å². The maximum Gasteiger partial charge on any atom is 0.0346 e. The normalized spacial score (nSPS) is 17.4. The van der Waals surface area contributed by atoms with E-state index in [2.05, 4.69) is 60.4 Å². The minimum atomic E-state index is 0.859. The minimum Gasteiger partial charge on any atom is -0.0988 e. The van der Waals surface area contributed by atoms with Gasteiger partial charge in [0.05, 0.1) is 0 Å². The molecular formula is C18H12. The van der Waals surface area contributed by atoms with E-state index in [4.69, 9.17) is 0 Å². The predicted molar refractivity (Wildman–Crippen MR) is 75.1 cm³/mol. The number of benzene rings is 2. The molecule has 84 valence electrons. The summed E-state index contributed by atoms with van der Waals surface area (Å²) in [6.45, 7) is 0. The van der Waals surface area contributed by atoms with Crippen LogP contribution in [0, 0.1) is 11.8 Å². The van der Waals surface area contributed by atoms with Crippen LogP contribution < -0.4 is 0 Å². The average Bonchev–Trinajstić information content (AvgIpc) is 2.70. The van der Waals surface area contributed by atoms with Gasteiger partial charge in [-0.1, -0.05) is 60.4 Å². The van der Waals surface area contributed by atoms with Crippen LogP contribution in [0.1, 0.15) is 23.1 Å². The summed E-state index contributed by atoms with van der Waals surface area (Å²) < 4.78 is 0. The third kappa shape index (κ3) is 1.22. The second-order valence-electron chi connectivity index (χ2n) is 4.74. The van der Waals surface area contributed by atoms with E-state index in [0.29, 0.717) is 0 Å². The van der Waals surface area contributed by atoms with Gasteiger partial charge < -0.3 is 0 Å². The second-order valence-corrected chi connectivity index (χ2v) is 4.74. The minimum absolute atomic E-state index is 0.859. The standard InChI is InChI=1S/C18H12/c1-2-7-13-8-6-12-17-15-10-5-4-9-14(15)16(11-3-1)18(13)17/h4-6,8-12H,3,7H2/b16-11-. The van der Waals surface area contributed by atoms with E-state index in [1.54, 1.807) is 0 Å². The van der Waals surface area contributed by atoms with Crippen molar-refractivity contribution in [3.05, 3.63) is 65.2 Å². The molecule has 2 aliphatic rings. The molecule has 0 heterocycles. The lowest BCUT2D eigenvalue weighted by molar-refractivity contribution is 1.28. The van der Waals surface area contributed by atoms with Crippen LogP contribution in [-0.4, -0.2) is 0 Å². The Bertz CT molecular complexity index is 736. The Morgan fingerprint density at radius 1 is 0.778 bits per heavy atom. The van der Waals surface area contributed by atoms with E-state index in [-0.39, 0.29) is 0 Å². The Balaban J connectivity index is 2.13. The lowest BCUT2D eigenvalue weighted by Gasteiger charge is -2.09. The monoisotopic (exact) mass is 228 g/mol. The molecule has 0 nitrogen and oxygen atoms in total. The van der Waals surface area contributed by atoms with Crippen molar-refractivity contribution in [2.24, 2.45) is 0 Å². The molecule has 4 rings (SSSR count). The van der Waals surface area contributed by atoms with Gasteiger partial charge in [0, 0.05) is 12.8 Å². The van der Waals surface area contributed by atoms with Gasteiger partial charge in [-0.25, -0.2) is 0 Å². The van der Waals surface area contributed by atoms with Crippen LogP contribution >= 0.6 is 0 Å². The van der Waals surface area contributed by atoms with Gasteiger partial charge in [-0.3, -0.25) is 0 Å². The molecule has 2 aromatic carbocycles. The topological polar surface area (TPSA) is 0 Å². The summed E-state index contributed by atoms with van der Waals surface area (Å²) in [6.07, 6.45) is 4.01. The predicted octanol–water partition coefficient (Wildman–Crippen LogP) is 4.05. The molecule has 0 aromatic heterocycles. The van der Waals surface area contributed by atoms with Gasteiger partial charge in [0.25, 0.3) is 0 Å². The highest BCUT2D eigenvalue weighted by atomic mass is 14.3. The van der Waals surface area contributed by atoms with Gasteiger partial charge in [0.15, 0.2) is 0 Å². The van der Waals surface area contributed by atoms with Crippen LogP contribution in [0.15, 0.2) is 48.5 Å². The first kappa shape index (κ1) is 9.74. The molecule has 0 fully saturated rings. The van der Waals surface area contributed by atoms with Crippen LogP contribution in [0.25, 0.3) is 16.7 Å². The zero-order chi connectivity index (χ0) is 11.9. The lowest BCUT2D eigenvalue weighted by atomic mass is 9.94. The van der Waals surface area contributed by atoms with E-state index in [1.165, 1.54) is 33.4 Å². The van der Waals surface area contributed by atoms with Crippen molar-refractivity contribution in [3.63, 3.8) is 0 Å². The molecule has 0 spiro atoms. The third-order valence-corrected chi connectivity index (χ3v) is 3.74. The molecule has 0 aliphatic heterocycles. The Morgan fingerprint density at radius 3 is 2.56 bits per heavy atom. The molecule has 2 aromatic rings. The highest BCUT2D eigenvalue weighted by Crippen LogP contribution is 2.46. The van der Waals surface area contributed by atoms with Gasteiger partial charge in [0.1, 0.15) is 0 Å². The Hall–Kier alpha value is -2.26. The summed E-state index contributed by atoms with van der Waals surface area (Å²) in [5.41, 5.74) is 8.25.